The van der Waals surface area contributed by atoms with E-state index in [0.29, 0.717) is 18.8 Å². The first-order chi connectivity index (χ1) is 11.6. The van der Waals surface area contributed by atoms with E-state index in [1.165, 1.54) is 5.56 Å². The molecule has 24 heavy (non-hydrogen) atoms. The molecule has 3 rings (SSSR count). The molecule has 0 bridgehead atoms. The Balaban J connectivity index is 1.60. The maximum Gasteiger partial charge on any atom is 0.335 e. The van der Waals surface area contributed by atoms with Gasteiger partial charge < -0.3 is 10.0 Å². The molecule has 1 amide bonds. The predicted molar refractivity (Wildman–Crippen MR) is 91.8 cm³/mol. The molecular weight excluding hydrogens is 302 g/mol. The van der Waals surface area contributed by atoms with Gasteiger partial charge in [0.25, 0.3) is 0 Å². The van der Waals surface area contributed by atoms with Gasteiger partial charge in [-0.15, -0.1) is 0 Å². The number of aromatic carboxylic acids is 1. The van der Waals surface area contributed by atoms with Crippen LogP contribution in [0.3, 0.4) is 0 Å². The summed E-state index contributed by atoms with van der Waals surface area (Å²) in [5.74, 6) is -0.298. The minimum atomic E-state index is -0.933. The third kappa shape index (κ3) is 3.32. The van der Waals surface area contributed by atoms with Crippen molar-refractivity contribution in [3.63, 3.8) is 0 Å². The topological polar surface area (TPSA) is 57.6 Å². The fourth-order valence-electron chi connectivity index (χ4n) is 3.32. The Hall–Kier alpha value is -2.62. The second-order valence-corrected chi connectivity index (χ2v) is 6.38. The van der Waals surface area contributed by atoms with Gasteiger partial charge in [0.15, 0.2) is 0 Å². The molecule has 2 atom stereocenters. The van der Waals surface area contributed by atoms with E-state index in [1.54, 1.807) is 24.3 Å². The summed E-state index contributed by atoms with van der Waals surface area (Å²) in [6.07, 6.45) is 1.08. The quantitative estimate of drug-likeness (QED) is 0.915. The zero-order chi connectivity index (χ0) is 17.1. The monoisotopic (exact) mass is 323 g/mol. The Labute approximate surface area is 141 Å². The van der Waals surface area contributed by atoms with Gasteiger partial charge in [-0.3, -0.25) is 4.79 Å². The summed E-state index contributed by atoms with van der Waals surface area (Å²) < 4.78 is 0. The van der Waals surface area contributed by atoms with Gasteiger partial charge in [0.1, 0.15) is 0 Å². The van der Waals surface area contributed by atoms with E-state index in [-0.39, 0.29) is 17.5 Å². The first kappa shape index (κ1) is 16.2. The molecule has 1 heterocycles. The van der Waals surface area contributed by atoms with Gasteiger partial charge >= 0.3 is 5.97 Å². The number of likely N-dealkylation sites (tertiary alicyclic amines) is 1. The second-order valence-electron chi connectivity index (χ2n) is 6.38. The summed E-state index contributed by atoms with van der Waals surface area (Å²) in [5, 5.41) is 8.91. The lowest BCUT2D eigenvalue weighted by Crippen LogP contribution is -2.51. The van der Waals surface area contributed by atoms with E-state index in [0.717, 1.165) is 12.1 Å². The van der Waals surface area contributed by atoms with Crippen LogP contribution in [-0.4, -0.2) is 28.4 Å². The fourth-order valence-corrected chi connectivity index (χ4v) is 3.32. The molecule has 1 saturated heterocycles. The Morgan fingerprint density at radius 2 is 1.75 bits per heavy atom. The zero-order valence-corrected chi connectivity index (χ0v) is 13.7. The molecule has 0 radical (unpaired) electrons. The number of aryl methyl sites for hydroxylation is 1. The average molecular weight is 323 g/mol. The van der Waals surface area contributed by atoms with Crippen LogP contribution >= 0.6 is 0 Å². The van der Waals surface area contributed by atoms with Gasteiger partial charge in [0.05, 0.1) is 11.6 Å². The van der Waals surface area contributed by atoms with Gasteiger partial charge in [0, 0.05) is 13.0 Å². The highest BCUT2D eigenvalue weighted by molar-refractivity contribution is 5.87. The zero-order valence-electron chi connectivity index (χ0n) is 13.7. The van der Waals surface area contributed by atoms with Crippen molar-refractivity contribution in [2.24, 2.45) is 5.92 Å². The molecule has 2 aromatic carbocycles. The van der Waals surface area contributed by atoms with Crippen molar-refractivity contribution in [1.82, 2.24) is 4.90 Å². The molecule has 1 N–H and O–H groups in total. The van der Waals surface area contributed by atoms with Crippen LogP contribution in [0, 0.1) is 5.92 Å². The van der Waals surface area contributed by atoms with E-state index in [9.17, 15) is 9.59 Å². The predicted octanol–water partition coefficient (Wildman–Crippen LogP) is 3.54. The van der Waals surface area contributed by atoms with Crippen LogP contribution < -0.4 is 0 Å². The van der Waals surface area contributed by atoms with Crippen LogP contribution in [0.1, 0.15) is 40.9 Å². The highest BCUT2D eigenvalue weighted by Crippen LogP contribution is 2.38. The van der Waals surface area contributed by atoms with Crippen LogP contribution in [0.2, 0.25) is 0 Å². The Morgan fingerprint density at radius 3 is 2.33 bits per heavy atom. The van der Waals surface area contributed by atoms with Crippen molar-refractivity contribution >= 4 is 11.9 Å². The van der Waals surface area contributed by atoms with E-state index in [2.05, 4.69) is 19.1 Å². The average Bonchev–Trinajstić information content (AvgIpc) is 2.58. The molecule has 1 fully saturated rings. The number of amides is 1. The molecule has 2 aromatic rings. The maximum absolute atomic E-state index is 12.5. The molecule has 1 aliphatic heterocycles. The van der Waals surface area contributed by atoms with Crippen LogP contribution in [0.4, 0.5) is 0 Å². The fraction of sp³-hybridized carbons (Fsp3) is 0.300. The Kier molecular flexibility index (Phi) is 4.65. The standard InChI is InChI=1S/C20H21NO3/c1-14-13-21(19(14)16-5-3-2-4-6-16)18(22)12-9-15-7-10-17(11-8-15)20(23)24/h2-8,10-11,14,19H,9,12-13H2,1H3,(H,23,24)/t14-,19-/m0/s1. The number of carboxylic acids is 1. The lowest BCUT2D eigenvalue weighted by atomic mass is 9.84. The number of benzene rings is 2. The summed E-state index contributed by atoms with van der Waals surface area (Å²) in [4.78, 5) is 25.3. The smallest absolute Gasteiger partial charge is 0.335 e. The maximum atomic E-state index is 12.5. The van der Waals surface area contributed by atoms with Crippen molar-refractivity contribution in [3.05, 3.63) is 71.3 Å². The van der Waals surface area contributed by atoms with E-state index in [4.69, 9.17) is 5.11 Å². The van der Waals surface area contributed by atoms with Gasteiger partial charge in [-0.05, 0) is 35.6 Å². The van der Waals surface area contributed by atoms with Gasteiger partial charge in [0.2, 0.25) is 5.91 Å². The molecule has 0 unspecified atom stereocenters. The molecular formula is C20H21NO3. The summed E-state index contributed by atoms with van der Waals surface area (Å²) >= 11 is 0. The van der Waals surface area contributed by atoms with Crippen molar-refractivity contribution < 1.29 is 14.7 Å². The Bertz CT molecular complexity index is 724. The highest BCUT2D eigenvalue weighted by atomic mass is 16.4. The molecule has 1 aliphatic rings. The van der Waals surface area contributed by atoms with E-state index >= 15 is 0 Å². The molecule has 0 aromatic heterocycles. The molecule has 0 spiro atoms. The molecule has 0 aliphatic carbocycles. The Morgan fingerprint density at radius 1 is 1.08 bits per heavy atom. The van der Waals surface area contributed by atoms with Crippen molar-refractivity contribution in [2.45, 2.75) is 25.8 Å². The van der Waals surface area contributed by atoms with Crippen LogP contribution in [-0.2, 0) is 11.2 Å². The highest BCUT2D eigenvalue weighted by Gasteiger charge is 2.39. The van der Waals surface area contributed by atoms with E-state index < -0.39 is 5.97 Å². The third-order valence-electron chi connectivity index (χ3n) is 4.65. The van der Waals surface area contributed by atoms with Crippen LogP contribution in [0.15, 0.2) is 54.6 Å². The van der Waals surface area contributed by atoms with Gasteiger partial charge in [-0.25, -0.2) is 4.79 Å². The number of carboxylic acid groups (broad SMARTS) is 1. The van der Waals surface area contributed by atoms with Crippen molar-refractivity contribution in [1.29, 1.82) is 0 Å². The van der Waals surface area contributed by atoms with Crippen molar-refractivity contribution in [3.8, 4) is 0 Å². The number of carbonyl (C=O) groups is 2. The number of carbonyl (C=O) groups excluding carboxylic acids is 1. The van der Waals surface area contributed by atoms with Gasteiger partial charge in [-0.1, -0.05) is 49.4 Å². The molecule has 0 saturated carbocycles. The first-order valence-electron chi connectivity index (χ1n) is 8.23. The van der Waals surface area contributed by atoms with Crippen molar-refractivity contribution in [2.75, 3.05) is 6.54 Å². The number of hydrogen-bond donors (Lipinski definition) is 1. The second kappa shape index (κ2) is 6.87. The SMILES string of the molecule is C[C@H]1CN(C(=O)CCc2ccc(C(=O)O)cc2)[C@@H]1c1ccccc1. The lowest BCUT2D eigenvalue weighted by Gasteiger charge is -2.47. The molecule has 124 valence electrons. The minimum Gasteiger partial charge on any atom is -0.478 e. The largest absolute Gasteiger partial charge is 0.478 e. The van der Waals surface area contributed by atoms with E-state index in [1.807, 2.05) is 23.1 Å². The lowest BCUT2D eigenvalue weighted by molar-refractivity contribution is -0.143. The van der Waals surface area contributed by atoms with Gasteiger partial charge in [-0.2, -0.15) is 0 Å². The normalized spacial score (nSPS) is 19.6. The summed E-state index contributed by atoms with van der Waals surface area (Å²) in [6, 6.07) is 17.1. The summed E-state index contributed by atoms with van der Waals surface area (Å²) in [7, 11) is 0. The third-order valence-corrected chi connectivity index (χ3v) is 4.65. The number of rotatable bonds is 5. The number of nitrogens with zero attached hydrogens (tertiary/aromatic N) is 1. The summed E-state index contributed by atoms with van der Waals surface area (Å²) in [5.41, 5.74) is 2.44. The van der Waals surface area contributed by atoms with Crippen LogP contribution in [0.25, 0.3) is 0 Å². The number of hydrogen-bond acceptors (Lipinski definition) is 2. The molecule has 4 nitrogen and oxygen atoms in total. The summed E-state index contributed by atoms with van der Waals surface area (Å²) in [6.45, 7) is 2.97. The van der Waals surface area contributed by atoms with Crippen LogP contribution in [0.5, 0.6) is 0 Å². The first-order valence-corrected chi connectivity index (χ1v) is 8.23. The minimum absolute atomic E-state index is 0.157. The molecule has 4 heteroatoms.